The van der Waals surface area contributed by atoms with Crippen molar-refractivity contribution in [3.63, 3.8) is 0 Å². The molecule has 1 unspecified atom stereocenters. The third kappa shape index (κ3) is 3.68. The van der Waals surface area contributed by atoms with E-state index in [1.807, 2.05) is 24.3 Å². The summed E-state index contributed by atoms with van der Waals surface area (Å²) in [5.41, 5.74) is 2.86. The first-order valence-corrected chi connectivity index (χ1v) is 7.54. The van der Waals surface area contributed by atoms with E-state index in [-0.39, 0.29) is 17.9 Å². The molecular weight excluding hydrogens is 317 g/mol. The van der Waals surface area contributed by atoms with Crippen LogP contribution in [-0.2, 0) is 0 Å². The molecule has 0 aliphatic rings. The van der Waals surface area contributed by atoms with E-state index >= 15 is 0 Å². The molecule has 2 atom stereocenters. The smallest absolute Gasteiger partial charge is 0.126 e. The van der Waals surface area contributed by atoms with Gasteiger partial charge in [0.15, 0.2) is 0 Å². The van der Waals surface area contributed by atoms with Crippen LogP contribution in [0.5, 0.6) is 0 Å². The zero-order chi connectivity index (χ0) is 14.7. The Morgan fingerprint density at radius 1 is 1.00 bits per heavy atom. The lowest BCUT2D eigenvalue weighted by Gasteiger charge is -2.21. The molecule has 0 spiro atoms. The predicted octanol–water partition coefficient (Wildman–Crippen LogP) is 5.31. The summed E-state index contributed by atoms with van der Waals surface area (Å²) in [5.74, 6) is -0.147. The zero-order valence-corrected chi connectivity index (χ0v) is 13.5. The molecule has 1 N–H and O–H groups in total. The van der Waals surface area contributed by atoms with Gasteiger partial charge in [-0.3, -0.25) is 0 Å². The van der Waals surface area contributed by atoms with Crippen LogP contribution in [-0.4, -0.2) is 0 Å². The van der Waals surface area contributed by atoms with E-state index in [1.165, 1.54) is 5.56 Å². The SMILES string of the molecule is Cc1ccc(C(C)N[C@H](C)c2cccc(Br)c2)cc1F. The van der Waals surface area contributed by atoms with Crippen molar-refractivity contribution in [2.45, 2.75) is 32.9 Å². The molecule has 0 aliphatic carbocycles. The van der Waals surface area contributed by atoms with Crippen LogP contribution < -0.4 is 5.32 Å². The minimum Gasteiger partial charge on any atom is -0.304 e. The van der Waals surface area contributed by atoms with Crippen molar-refractivity contribution in [3.8, 4) is 0 Å². The molecule has 0 aliphatic heterocycles. The second-order valence-electron chi connectivity index (χ2n) is 5.17. The van der Waals surface area contributed by atoms with Crippen LogP contribution in [0.15, 0.2) is 46.9 Å². The van der Waals surface area contributed by atoms with Gasteiger partial charge < -0.3 is 5.32 Å². The van der Waals surface area contributed by atoms with Gasteiger partial charge in [-0.1, -0.05) is 40.2 Å². The van der Waals surface area contributed by atoms with Gasteiger partial charge in [0.1, 0.15) is 5.82 Å². The van der Waals surface area contributed by atoms with Gasteiger partial charge in [0, 0.05) is 16.6 Å². The second-order valence-corrected chi connectivity index (χ2v) is 6.09. The molecule has 0 saturated carbocycles. The van der Waals surface area contributed by atoms with E-state index in [1.54, 1.807) is 13.0 Å². The minimum absolute atomic E-state index is 0.0964. The number of halogens is 2. The molecule has 1 nitrogen and oxygen atoms in total. The summed E-state index contributed by atoms with van der Waals surface area (Å²) >= 11 is 3.48. The Kier molecular flexibility index (Phi) is 4.95. The Morgan fingerprint density at radius 3 is 2.25 bits per heavy atom. The van der Waals surface area contributed by atoms with Gasteiger partial charge in [-0.25, -0.2) is 4.39 Å². The molecule has 3 heteroatoms. The van der Waals surface area contributed by atoms with Crippen molar-refractivity contribution in [2.75, 3.05) is 0 Å². The number of nitrogens with one attached hydrogen (secondary N) is 1. The Bertz CT molecular complexity index is 597. The van der Waals surface area contributed by atoms with Crippen molar-refractivity contribution < 1.29 is 4.39 Å². The molecule has 2 rings (SSSR count). The molecule has 0 radical (unpaired) electrons. The van der Waals surface area contributed by atoms with Gasteiger partial charge in [-0.2, -0.15) is 0 Å². The molecule has 106 valence electrons. The van der Waals surface area contributed by atoms with Crippen LogP contribution in [0.3, 0.4) is 0 Å². The van der Waals surface area contributed by atoms with Gasteiger partial charge in [0.05, 0.1) is 0 Å². The van der Waals surface area contributed by atoms with Crippen LogP contribution >= 0.6 is 15.9 Å². The zero-order valence-electron chi connectivity index (χ0n) is 12.0. The molecule has 2 aromatic rings. The van der Waals surface area contributed by atoms with Gasteiger partial charge in [0.2, 0.25) is 0 Å². The Balaban J connectivity index is 2.10. The third-order valence-electron chi connectivity index (χ3n) is 3.54. The molecule has 2 aromatic carbocycles. The second kappa shape index (κ2) is 6.51. The lowest BCUT2D eigenvalue weighted by molar-refractivity contribution is 0.491. The van der Waals surface area contributed by atoms with E-state index in [2.05, 4.69) is 47.2 Å². The number of hydrogen-bond acceptors (Lipinski definition) is 1. The van der Waals surface area contributed by atoms with Crippen molar-refractivity contribution in [3.05, 3.63) is 69.4 Å². The summed E-state index contributed by atoms with van der Waals surface area (Å²) in [5, 5.41) is 3.50. The number of hydrogen-bond donors (Lipinski definition) is 1. The van der Waals surface area contributed by atoms with Gasteiger partial charge >= 0.3 is 0 Å². The number of benzene rings is 2. The average molecular weight is 336 g/mol. The Hall–Kier alpha value is -1.19. The van der Waals surface area contributed by atoms with Crippen LogP contribution in [0.1, 0.15) is 42.6 Å². The standard InChI is InChI=1S/C17H19BrFN/c1-11-7-8-15(10-17(11)19)13(3)20-12(2)14-5-4-6-16(18)9-14/h4-10,12-13,20H,1-3H3/t12-,13?/m1/s1. The fourth-order valence-electron chi connectivity index (χ4n) is 2.22. The molecule has 0 bridgehead atoms. The third-order valence-corrected chi connectivity index (χ3v) is 4.04. The lowest BCUT2D eigenvalue weighted by atomic mass is 10.0. The van der Waals surface area contributed by atoms with E-state index in [9.17, 15) is 4.39 Å². The van der Waals surface area contributed by atoms with E-state index in [0.29, 0.717) is 5.56 Å². The molecular formula is C17H19BrFN. The van der Waals surface area contributed by atoms with Crippen LogP contribution in [0, 0.1) is 12.7 Å². The largest absolute Gasteiger partial charge is 0.304 e. The molecule has 20 heavy (non-hydrogen) atoms. The van der Waals surface area contributed by atoms with Crippen molar-refractivity contribution in [1.82, 2.24) is 5.32 Å². The first-order valence-electron chi connectivity index (χ1n) is 6.75. The first-order chi connectivity index (χ1) is 9.47. The maximum atomic E-state index is 13.6. The summed E-state index contributed by atoms with van der Waals surface area (Å²) in [6.07, 6.45) is 0. The fraction of sp³-hybridized carbons (Fsp3) is 0.294. The van der Waals surface area contributed by atoms with Crippen molar-refractivity contribution >= 4 is 15.9 Å². The van der Waals surface area contributed by atoms with Gasteiger partial charge in [-0.15, -0.1) is 0 Å². The van der Waals surface area contributed by atoms with E-state index in [4.69, 9.17) is 0 Å². The normalized spacial score (nSPS) is 14.1. The lowest BCUT2D eigenvalue weighted by Crippen LogP contribution is -2.22. The highest BCUT2D eigenvalue weighted by Crippen LogP contribution is 2.22. The van der Waals surface area contributed by atoms with Crippen molar-refractivity contribution in [2.24, 2.45) is 0 Å². The predicted molar refractivity (Wildman–Crippen MR) is 85.2 cm³/mol. The summed E-state index contributed by atoms with van der Waals surface area (Å²) in [6.45, 7) is 5.95. The van der Waals surface area contributed by atoms with Crippen LogP contribution in [0.2, 0.25) is 0 Å². The summed E-state index contributed by atoms with van der Waals surface area (Å²) < 4.78 is 14.7. The molecule has 0 aromatic heterocycles. The van der Waals surface area contributed by atoms with E-state index < -0.39 is 0 Å². The van der Waals surface area contributed by atoms with Gasteiger partial charge in [0.25, 0.3) is 0 Å². The Labute approximate surface area is 128 Å². The summed E-state index contributed by atoms with van der Waals surface area (Å²) in [4.78, 5) is 0. The first kappa shape index (κ1) is 15.2. The van der Waals surface area contributed by atoms with Crippen LogP contribution in [0.25, 0.3) is 0 Å². The number of aryl methyl sites for hydroxylation is 1. The van der Waals surface area contributed by atoms with Crippen molar-refractivity contribution in [1.29, 1.82) is 0 Å². The highest BCUT2D eigenvalue weighted by atomic mass is 79.9. The Morgan fingerprint density at radius 2 is 1.65 bits per heavy atom. The minimum atomic E-state index is -0.147. The fourth-order valence-corrected chi connectivity index (χ4v) is 2.64. The maximum Gasteiger partial charge on any atom is 0.126 e. The molecule has 0 amide bonds. The van der Waals surface area contributed by atoms with Crippen LogP contribution in [0.4, 0.5) is 4.39 Å². The average Bonchev–Trinajstić information content (AvgIpc) is 2.41. The summed E-state index contributed by atoms with van der Waals surface area (Å²) in [6, 6.07) is 13.9. The maximum absolute atomic E-state index is 13.6. The number of rotatable bonds is 4. The highest BCUT2D eigenvalue weighted by molar-refractivity contribution is 9.10. The molecule has 0 saturated heterocycles. The quantitative estimate of drug-likeness (QED) is 0.798. The van der Waals surface area contributed by atoms with Gasteiger partial charge in [-0.05, 0) is 55.7 Å². The summed E-state index contributed by atoms with van der Waals surface area (Å²) in [7, 11) is 0. The molecule has 0 heterocycles. The van der Waals surface area contributed by atoms with E-state index in [0.717, 1.165) is 10.0 Å². The monoisotopic (exact) mass is 335 g/mol. The topological polar surface area (TPSA) is 12.0 Å². The highest BCUT2D eigenvalue weighted by Gasteiger charge is 2.12. The molecule has 0 fully saturated rings.